The van der Waals surface area contributed by atoms with Crippen molar-refractivity contribution in [2.24, 2.45) is 40.9 Å². The largest absolute Gasteiger partial charge is 0.414 e. The fourth-order valence-corrected chi connectivity index (χ4v) is 8.17. The number of ether oxygens (including phenoxy) is 1. The molecular weight excluding hydrogens is 381 g/mol. The van der Waals surface area contributed by atoms with Crippen molar-refractivity contribution in [2.45, 2.75) is 89.5 Å². The molecule has 2 N–H and O–H groups in total. The molecule has 0 aromatic carbocycles. The topological polar surface area (TPSA) is 49.7 Å². The van der Waals surface area contributed by atoms with E-state index in [1.165, 1.54) is 0 Å². The van der Waals surface area contributed by atoms with Gasteiger partial charge in [-0.2, -0.15) is 13.2 Å². The zero-order chi connectivity index (χ0) is 21.0. The van der Waals surface area contributed by atoms with Crippen LogP contribution in [-0.4, -0.2) is 41.3 Å². The molecule has 0 aromatic heterocycles. The van der Waals surface area contributed by atoms with Crippen LogP contribution in [0.15, 0.2) is 0 Å². The van der Waals surface area contributed by atoms with E-state index in [-0.39, 0.29) is 0 Å². The molecule has 0 bridgehead atoms. The number of halogens is 3. The Hall–Kier alpha value is -0.330. The van der Waals surface area contributed by atoms with Crippen LogP contribution in [0.3, 0.4) is 0 Å². The highest BCUT2D eigenvalue weighted by molar-refractivity contribution is 5.08. The van der Waals surface area contributed by atoms with E-state index in [0.717, 1.165) is 51.4 Å². The van der Waals surface area contributed by atoms with Crippen LogP contribution < -0.4 is 0 Å². The average molecular weight is 419 g/mol. The Morgan fingerprint density at radius 3 is 2.41 bits per heavy atom. The van der Waals surface area contributed by atoms with E-state index in [4.69, 9.17) is 4.74 Å². The smallest absolute Gasteiger partial charge is 0.387 e. The second-order valence-electron chi connectivity index (χ2n) is 10.8. The van der Waals surface area contributed by atoms with E-state index in [0.29, 0.717) is 49.2 Å². The quantitative estimate of drug-likeness (QED) is 0.679. The molecule has 4 aliphatic carbocycles. The van der Waals surface area contributed by atoms with Gasteiger partial charge in [-0.3, -0.25) is 0 Å². The van der Waals surface area contributed by atoms with Crippen LogP contribution in [0.1, 0.15) is 71.6 Å². The second kappa shape index (κ2) is 7.67. The zero-order valence-electron chi connectivity index (χ0n) is 17.8. The van der Waals surface area contributed by atoms with Gasteiger partial charge in [-0.1, -0.05) is 6.92 Å². The van der Waals surface area contributed by atoms with E-state index < -0.39 is 29.2 Å². The maximum Gasteiger partial charge on any atom is 0.414 e. The van der Waals surface area contributed by atoms with E-state index in [9.17, 15) is 23.4 Å². The van der Waals surface area contributed by atoms with E-state index >= 15 is 0 Å². The Kier molecular flexibility index (Phi) is 5.79. The van der Waals surface area contributed by atoms with Gasteiger partial charge < -0.3 is 14.9 Å². The lowest BCUT2D eigenvalue weighted by Crippen LogP contribution is -2.53. The Labute approximate surface area is 172 Å². The molecule has 4 saturated carbocycles. The normalized spacial score (nSPS) is 48.5. The molecule has 0 radical (unpaired) electrons. The molecule has 0 amide bonds. The lowest BCUT2D eigenvalue weighted by Gasteiger charge is -2.57. The van der Waals surface area contributed by atoms with Gasteiger partial charge >= 0.3 is 6.18 Å². The van der Waals surface area contributed by atoms with Gasteiger partial charge in [-0.05, 0) is 106 Å². The molecule has 9 atom stereocenters. The van der Waals surface area contributed by atoms with Gasteiger partial charge in [0.05, 0.1) is 12.2 Å². The first-order chi connectivity index (χ1) is 13.6. The lowest BCUT2D eigenvalue weighted by molar-refractivity contribution is -0.234. The first kappa shape index (κ1) is 21.9. The number of fused-ring (bicyclic) bond motifs is 5. The highest BCUT2D eigenvalue weighted by Gasteiger charge is 2.61. The number of hydrogen-bond acceptors (Lipinski definition) is 3. The van der Waals surface area contributed by atoms with Crippen molar-refractivity contribution in [1.29, 1.82) is 0 Å². The van der Waals surface area contributed by atoms with Crippen molar-refractivity contribution in [2.75, 3.05) is 13.2 Å². The fraction of sp³-hybridized carbons (Fsp3) is 1.00. The molecular formula is C23H37F3O3. The van der Waals surface area contributed by atoms with Gasteiger partial charge in [-0.15, -0.1) is 0 Å². The van der Waals surface area contributed by atoms with Crippen LogP contribution in [0.4, 0.5) is 13.2 Å². The van der Waals surface area contributed by atoms with Crippen molar-refractivity contribution in [1.82, 2.24) is 0 Å². The first-order valence-corrected chi connectivity index (χ1v) is 11.6. The standard InChI is InChI=1S/C23H37F3O3/c1-3-29-13-22(28)11-9-15-14(12-22)4-5-17-16(15)8-10-21(2)18(17)6-7-19(21)20(27)23(24,25)26/h14-20,27-28H,3-13H2,1-2H3/t14-,15+,16-,17-,18+,19-,20?,21+,22-/m1/s1. The maximum atomic E-state index is 13.3. The third-order valence-corrected chi connectivity index (χ3v) is 9.47. The number of aliphatic hydroxyl groups excluding tert-OH is 1. The monoisotopic (exact) mass is 418 g/mol. The van der Waals surface area contributed by atoms with Crippen LogP contribution in [0.25, 0.3) is 0 Å². The van der Waals surface area contributed by atoms with E-state index in [2.05, 4.69) is 0 Å². The first-order valence-electron chi connectivity index (χ1n) is 11.6. The van der Waals surface area contributed by atoms with Gasteiger partial charge in [0.1, 0.15) is 0 Å². The van der Waals surface area contributed by atoms with Gasteiger partial charge in [0.15, 0.2) is 6.10 Å². The highest BCUT2D eigenvalue weighted by atomic mass is 19.4. The summed E-state index contributed by atoms with van der Waals surface area (Å²) >= 11 is 0. The molecule has 1 unspecified atom stereocenters. The average Bonchev–Trinajstić information content (AvgIpc) is 3.01. The third-order valence-electron chi connectivity index (χ3n) is 9.47. The van der Waals surface area contributed by atoms with Crippen molar-refractivity contribution < 1.29 is 28.1 Å². The molecule has 4 aliphatic rings. The Balaban J connectivity index is 1.47. The summed E-state index contributed by atoms with van der Waals surface area (Å²) in [5, 5.41) is 21.0. The Morgan fingerprint density at radius 2 is 1.72 bits per heavy atom. The van der Waals surface area contributed by atoms with Crippen LogP contribution in [0, 0.1) is 40.9 Å². The van der Waals surface area contributed by atoms with Gasteiger partial charge in [0.2, 0.25) is 0 Å². The molecule has 6 heteroatoms. The fourth-order valence-electron chi connectivity index (χ4n) is 8.17. The summed E-state index contributed by atoms with van der Waals surface area (Å²) in [4.78, 5) is 0. The van der Waals surface area contributed by atoms with E-state index in [1.54, 1.807) is 0 Å². The van der Waals surface area contributed by atoms with E-state index in [1.807, 2.05) is 13.8 Å². The van der Waals surface area contributed by atoms with Crippen LogP contribution in [0.2, 0.25) is 0 Å². The van der Waals surface area contributed by atoms with Crippen LogP contribution >= 0.6 is 0 Å². The number of rotatable bonds is 4. The molecule has 4 rings (SSSR count). The van der Waals surface area contributed by atoms with Crippen LogP contribution in [0.5, 0.6) is 0 Å². The molecule has 4 fully saturated rings. The molecule has 0 spiro atoms. The molecule has 0 saturated heterocycles. The van der Waals surface area contributed by atoms with Gasteiger partial charge in [0, 0.05) is 6.61 Å². The number of aliphatic hydroxyl groups is 2. The summed E-state index contributed by atoms with van der Waals surface area (Å²) < 4.78 is 45.3. The summed E-state index contributed by atoms with van der Waals surface area (Å²) in [5.41, 5.74) is -1.10. The molecule has 0 aromatic rings. The minimum absolute atomic E-state index is 0.299. The molecule has 29 heavy (non-hydrogen) atoms. The van der Waals surface area contributed by atoms with Gasteiger partial charge in [0.25, 0.3) is 0 Å². The Bertz CT molecular complexity index is 596. The predicted molar refractivity (Wildman–Crippen MR) is 104 cm³/mol. The SMILES string of the molecule is CCOC[C@@]1(O)CC[C@H]2[C@H](CC[C@@H]3[C@@H]2CC[C@]2(C)[C@@H](C(O)C(F)(F)F)CC[C@@H]32)C1. The molecule has 3 nitrogen and oxygen atoms in total. The zero-order valence-corrected chi connectivity index (χ0v) is 17.8. The molecule has 168 valence electrons. The summed E-state index contributed by atoms with van der Waals surface area (Å²) in [6.07, 6.45) is 1.09. The van der Waals surface area contributed by atoms with Crippen molar-refractivity contribution in [3.63, 3.8) is 0 Å². The van der Waals surface area contributed by atoms with Crippen molar-refractivity contribution >= 4 is 0 Å². The molecule has 0 heterocycles. The summed E-state index contributed by atoms with van der Waals surface area (Å²) in [7, 11) is 0. The van der Waals surface area contributed by atoms with Crippen molar-refractivity contribution in [3.8, 4) is 0 Å². The number of hydrogen-bond donors (Lipinski definition) is 2. The summed E-state index contributed by atoms with van der Waals surface area (Å²) in [6, 6.07) is 0. The summed E-state index contributed by atoms with van der Waals surface area (Å²) in [6.45, 7) is 5.00. The minimum Gasteiger partial charge on any atom is -0.387 e. The van der Waals surface area contributed by atoms with Crippen LogP contribution in [-0.2, 0) is 4.74 Å². The molecule has 0 aliphatic heterocycles. The Morgan fingerprint density at radius 1 is 1.00 bits per heavy atom. The lowest BCUT2D eigenvalue weighted by atomic mass is 9.48. The second-order valence-corrected chi connectivity index (χ2v) is 10.8. The predicted octanol–water partition coefficient (Wildman–Crippen LogP) is 4.95. The number of alkyl halides is 3. The van der Waals surface area contributed by atoms with Crippen molar-refractivity contribution in [3.05, 3.63) is 0 Å². The highest BCUT2D eigenvalue weighted by Crippen LogP contribution is 2.65. The van der Waals surface area contributed by atoms with Gasteiger partial charge in [-0.25, -0.2) is 0 Å². The minimum atomic E-state index is -4.52. The summed E-state index contributed by atoms with van der Waals surface area (Å²) in [5.74, 6) is 1.80. The maximum absolute atomic E-state index is 13.3. The third kappa shape index (κ3) is 3.76.